The fourth-order valence-electron chi connectivity index (χ4n) is 1.31. The summed E-state index contributed by atoms with van der Waals surface area (Å²) in [7, 11) is 1.33. The Hall–Kier alpha value is -2.00. The summed E-state index contributed by atoms with van der Waals surface area (Å²) in [5.74, 6) is -0.939. The summed E-state index contributed by atoms with van der Waals surface area (Å²) in [6.07, 6.45) is 0. The minimum atomic E-state index is -0.482. The molecule has 0 fully saturated rings. The Morgan fingerprint density at radius 2 is 2.26 bits per heavy atom. The van der Waals surface area contributed by atoms with Crippen LogP contribution in [0.25, 0.3) is 0 Å². The molecule has 9 heteroatoms. The zero-order chi connectivity index (χ0) is 14.0. The molecule has 1 heterocycles. The van der Waals surface area contributed by atoms with E-state index < -0.39 is 11.7 Å². The third-order valence-corrected chi connectivity index (χ3v) is 2.84. The van der Waals surface area contributed by atoms with Gasteiger partial charge in [0.25, 0.3) is 5.88 Å². The lowest BCUT2D eigenvalue weighted by molar-refractivity contribution is 0.281. The van der Waals surface area contributed by atoms with Gasteiger partial charge in [-0.1, -0.05) is 0 Å². The van der Waals surface area contributed by atoms with Gasteiger partial charge in [0.1, 0.15) is 5.82 Å². The Morgan fingerprint density at radius 1 is 1.53 bits per heavy atom. The normalized spacial score (nSPS) is 10.3. The number of benzene rings is 1. The highest BCUT2D eigenvalue weighted by Gasteiger charge is 2.22. The maximum atomic E-state index is 13.1. The Bertz CT molecular complexity index is 619. The average Bonchev–Trinajstić information content (AvgIpc) is 2.88. The van der Waals surface area contributed by atoms with Crippen molar-refractivity contribution in [2.75, 3.05) is 12.2 Å². The Morgan fingerprint density at radius 3 is 2.89 bits per heavy atom. The van der Waals surface area contributed by atoms with E-state index in [9.17, 15) is 9.60 Å². The van der Waals surface area contributed by atoms with Crippen LogP contribution < -0.4 is 9.80 Å². The number of ether oxygens (including phenoxy) is 1. The summed E-state index contributed by atoms with van der Waals surface area (Å²) in [6.45, 7) is 0. The fourth-order valence-corrected chi connectivity index (χ4v) is 1.67. The van der Waals surface area contributed by atoms with Crippen LogP contribution in [0, 0.1) is 11.2 Å². The number of nitrogens with zero attached hydrogens (tertiary/aromatic N) is 3. The second kappa shape index (κ2) is 5.33. The fraction of sp³-hybridized carbons (Fsp3) is 0.100. The molecule has 0 bridgehead atoms. The van der Waals surface area contributed by atoms with E-state index in [0.29, 0.717) is 5.06 Å². The van der Waals surface area contributed by atoms with Gasteiger partial charge in [-0.05, 0) is 44.4 Å². The maximum Gasteiger partial charge on any atom is 0.287 e. The topological polar surface area (TPSA) is 95.5 Å². The van der Waals surface area contributed by atoms with E-state index in [0.717, 1.165) is 6.07 Å². The summed E-state index contributed by atoms with van der Waals surface area (Å²) in [6, 6.07) is 3.76. The molecule has 0 spiro atoms. The number of amidine groups is 1. The van der Waals surface area contributed by atoms with Gasteiger partial charge in [-0.15, -0.1) is 0 Å². The molecule has 19 heavy (non-hydrogen) atoms. The van der Waals surface area contributed by atoms with Crippen LogP contribution in [0.2, 0.25) is 0 Å². The number of hydroxylamine groups is 1. The highest BCUT2D eigenvalue weighted by molar-refractivity contribution is 9.10. The average molecular weight is 331 g/mol. The Balaban J connectivity index is 2.31. The van der Waals surface area contributed by atoms with Crippen molar-refractivity contribution >= 4 is 27.5 Å². The first-order valence-corrected chi connectivity index (χ1v) is 5.73. The van der Waals surface area contributed by atoms with Crippen molar-refractivity contribution in [3.8, 4) is 5.88 Å². The largest absolute Gasteiger partial charge is 0.477 e. The van der Waals surface area contributed by atoms with Gasteiger partial charge in [0, 0.05) is 0 Å². The summed E-state index contributed by atoms with van der Waals surface area (Å²) >= 11 is 2.99. The first-order chi connectivity index (χ1) is 9.04. The standard InChI is InChI=1S/C10H8BrFN4O3/c1-18-10-8(14-19-15-10)9(13)16(17)5-2-3-7(12)6(11)4-5/h2-4,13,17H,1H3. The Labute approximate surface area is 115 Å². The zero-order valence-corrected chi connectivity index (χ0v) is 11.2. The summed E-state index contributed by atoms with van der Waals surface area (Å²) < 4.78 is 22.5. The molecule has 0 radical (unpaired) electrons. The third kappa shape index (κ3) is 2.56. The number of hydrogen-bond acceptors (Lipinski definition) is 6. The number of anilines is 1. The monoisotopic (exact) mass is 330 g/mol. The molecular formula is C10H8BrFN4O3. The minimum absolute atomic E-state index is 0.0368. The van der Waals surface area contributed by atoms with E-state index in [1.54, 1.807) is 0 Å². The number of nitrogens with one attached hydrogen (secondary N) is 1. The molecule has 7 nitrogen and oxygen atoms in total. The molecule has 2 aromatic rings. The predicted molar refractivity (Wildman–Crippen MR) is 66.0 cm³/mol. The lowest BCUT2D eigenvalue weighted by Crippen LogP contribution is -2.27. The molecule has 0 aliphatic carbocycles. The molecule has 0 aliphatic rings. The van der Waals surface area contributed by atoms with Crippen LogP contribution in [0.4, 0.5) is 10.1 Å². The maximum absolute atomic E-state index is 13.1. The van der Waals surface area contributed by atoms with Gasteiger partial charge in [0.2, 0.25) is 5.69 Å². The molecule has 1 aromatic carbocycles. The predicted octanol–water partition coefficient (Wildman–Crippen LogP) is 2.20. The van der Waals surface area contributed by atoms with Crippen LogP contribution in [-0.2, 0) is 0 Å². The minimum Gasteiger partial charge on any atom is -0.477 e. The first kappa shape index (κ1) is 13.4. The molecule has 1 aromatic heterocycles. The smallest absolute Gasteiger partial charge is 0.287 e. The van der Waals surface area contributed by atoms with Crippen LogP contribution in [0.5, 0.6) is 5.88 Å². The lowest BCUT2D eigenvalue weighted by Gasteiger charge is -2.16. The molecule has 0 amide bonds. The number of aromatic nitrogens is 2. The van der Waals surface area contributed by atoms with E-state index in [1.165, 1.54) is 19.2 Å². The van der Waals surface area contributed by atoms with E-state index >= 15 is 0 Å². The first-order valence-electron chi connectivity index (χ1n) is 4.94. The van der Waals surface area contributed by atoms with Gasteiger partial charge in [-0.3, -0.25) is 10.6 Å². The molecule has 2 rings (SSSR count). The molecule has 0 aliphatic heterocycles. The van der Waals surface area contributed by atoms with Gasteiger partial charge < -0.3 is 4.74 Å². The SMILES string of the molecule is COc1nonc1C(=N)N(O)c1ccc(F)c(Br)c1. The number of hydrogen-bond donors (Lipinski definition) is 2. The number of halogens is 2. The van der Waals surface area contributed by atoms with Crippen molar-refractivity contribution in [3.63, 3.8) is 0 Å². The van der Waals surface area contributed by atoms with E-state index in [2.05, 4.69) is 30.9 Å². The summed E-state index contributed by atoms with van der Waals surface area (Å²) in [5, 5.41) is 25.0. The molecular weight excluding hydrogens is 323 g/mol. The van der Waals surface area contributed by atoms with Crippen molar-refractivity contribution in [2.45, 2.75) is 0 Å². The molecule has 0 saturated carbocycles. The Kier molecular flexibility index (Phi) is 3.76. The van der Waals surface area contributed by atoms with Gasteiger partial charge in [0.15, 0.2) is 5.84 Å². The van der Waals surface area contributed by atoms with Crippen LogP contribution in [0.15, 0.2) is 27.3 Å². The second-order valence-corrected chi connectivity index (χ2v) is 4.24. The van der Waals surface area contributed by atoms with Crippen molar-refractivity contribution in [1.29, 1.82) is 5.41 Å². The van der Waals surface area contributed by atoms with Crippen molar-refractivity contribution in [3.05, 3.63) is 34.2 Å². The van der Waals surface area contributed by atoms with Crippen LogP contribution in [-0.4, -0.2) is 28.5 Å². The molecule has 0 saturated heterocycles. The van der Waals surface area contributed by atoms with Gasteiger partial charge >= 0.3 is 0 Å². The zero-order valence-electron chi connectivity index (χ0n) is 9.59. The van der Waals surface area contributed by atoms with E-state index in [-0.39, 0.29) is 21.7 Å². The second-order valence-electron chi connectivity index (χ2n) is 3.38. The van der Waals surface area contributed by atoms with E-state index in [1.807, 2.05) is 0 Å². The van der Waals surface area contributed by atoms with Crippen LogP contribution >= 0.6 is 15.9 Å². The molecule has 2 N–H and O–H groups in total. The van der Waals surface area contributed by atoms with Crippen LogP contribution in [0.1, 0.15) is 5.69 Å². The van der Waals surface area contributed by atoms with Crippen molar-refractivity contribution in [2.24, 2.45) is 0 Å². The van der Waals surface area contributed by atoms with Crippen LogP contribution in [0.3, 0.4) is 0 Å². The van der Waals surface area contributed by atoms with Gasteiger partial charge in [-0.25, -0.2) is 14.1 Å². The molecule has 0 unspecified atom stereocenters. The van der Waals surface area contributed by atoms with Gasteiger partial charge in [0.05, 0.1) is 17.3 Å². The number of rotatable bonds is 3. The highest BCUT2D eigenvalue weighted by atomic mass is 79.9. The number of methoxy groups -OCH3 is 1. The lowest BCUT2D eigenvalue weighted by atomic mass is 10.3. The van der Waals surface area contributed by atoms with Crippen molar-refractivity contribution in [1.82, 2.24) is 10.3 Å². The third-order valence-electron chi connectivity index (χ3n) is 2.24. The van der Waals surface area contributed by atoms with Crippen molar-refractivity contribution < 1.29 is 19.0 Å². The molecule has 100 valence electrons. The van der Waals surface area contributed by atoms with E-state index in [4.69, 9.17) is 10.1 Å². The van der Waals surface area contributed by atoms with Gasteiger partial charge in [-0.2, -0.15) is 0 Å². The highest BCUT2D eigenvalue weighted by Crippen LogP contribution is 2.24. The summed E-state index contributed by atoms with van der Waals surface area (Å²) in [5.41, 5.74) is 0.0915. The molecule has 0 atom stereocenters. The quantitative estimate of drug-likeness (QED) is 0.509. The summed E-state index contributed by atoms with van der Waals surface area (Å²) in [4.78, 5) is 0.